The summed E-state index contributed by atoms with van der Waals surface area (Å²) in [5.74, 6) is -1.21. The molecular weight excluding hydrogens is 415 g/mol. The van der Waals surface area contributed by atoms with Crippen LogP contribution in [-0.2, 0) is 9.59 Å². The lowest BCUT2D eigenvalue weighted by Gasteiger charge is -2.37. The molecule has 1 N–H and O–H groups in total. The third kappa shape index (κ3) is 3.84. The SMILES string of the molecule is CC(=O)c1ccc(N2CCN(C(=O)CN3C(=O)N[C@@]4(CCCC[C@H]4C)C3=O)CC2)c(F)c1. The molecule has 9 heteroatoms. The molecule has 4 rings (SSSR count). The van der Waals surface area contributed by atoms with Gasteiger partial charge in [0.1, 0.15) is 17.9 Å². The van der Waals surface area contributed by atoms with E-state index in [0.29, 0.717) is 43.9 Å². The van der Waals surface area contributed by atoms with Gasteiger partial charge in [-0.15, -0.1) is 0 Å². The molecule has 3 fully saturated rings. The lowest BCUT2D eigenvalue weighted by Crippen LogP contribution is -2.55. The van der Waals surface area contributed by atoms with Crippen molar-refractivity contribution in [1.82, 2.24) is 15.1 Å². The monoisotopic (exact) mass is 444 g/mol. The fourth-order valence-corrected chi connectivity index (χ4v) is 5.05. The summed E-state index contributed by atoms with van der Waals surface area (Å²) in [4.78, 5) is 54.4. The van der Waals surface area contributed by atoms with Crippen LogP contribution in [0.5, 0.6) is 0 Å². The van der Waals surface area contributed by atoms with Crippen LogP contribution in [0.25, 0.3) is 0 Å². The summed E-state index contributed by atoms with van der Waals surface area (Å²) in [6, 6.07) is 3.91. The van der Waals surface area contributed by atoms with E-state index in [1.807, 2.05) is 11.8 Å². The Labute approximate surface area is 186 Å². The number of anilines is 1. The number of urea groups is 1. The topological polar surface area (TPSA) is 90.0 Å². The molecule has 172 valence electrons. The highest BCUT2D eigenvalue weighted by Crippen LogP contribution is 2.38. The van der Waals surface area contributed by atoms with Crippen LogP contribution in [0.4, 0.5) is 14.9 Å². The van der Waals surface area contributed by atoms with E-state index in [4.69, 9.17) is 0 Å². The molecule has 3 aliphatic rings. The summed E-state index contributed by atoms with van der Waals surface area (Å²) >= 11 is 0. The van der Waals surface area contributed by atoms with Gasteiger partial charge in [-0.3, -0.25) is 19.3 Å². The number of halogens is 1. The number of carbonyl (C=O) groups excluding carboxylic acids is 4. The van der Waals surface area contributed by atoms with Crippen LogP contribution in [0.15, 0.2) is 18.2 Å². The maximum absolute atomic E-state index is 14.4. The van der Waals surface area contributed by atoms with E-state index < -0.39 is 17.4 Å². The van der Waals surface area contributed by atoms with Crippen molar-refractivity contribution in [2.45, 2.75) is 45.1 Å². The van der Waals surface area contributed by atoms with Gasteiger partial charge in [-0.1, -0.05) is 19.8 Å². The maximum Gasteiger partial charge on any atom is 0.325 e. The normalized spacial score (nSPS) is 26.0. The van der Waals surface area contributed by atoms with Crippen LogP contribution in [0.2, 0.25) is 0 Å². The molecule has 0 bridgehead atoms. The van der Waals surface area contributed by atoms with Gasteiger partial charge in [-0.05, 0) is 43.9 Å². The number of benzene rings is 1. The average molecular weight is 445 g/mol. The third-order valence-corrected chi connectivity index (χ3v) is 7.12. The second kappa shape index (κ2) is 8.52. The fraction of sp³-hybridized carbons (Fsp3) is 0.565. The zero-order valence-electron chi connectivity index (χ0n) is 18.5. The molecule has 1 aliphatic carbocycles. The number of imide groups is 1. The van der Waals surface area contributed by atoms with Crippen molar-refractivity contribution in [3.63, 3.8) is 0 Å². The molecule has 0 aromatic heterocycles. The number of piperazine rings is 1. The van der Waals surface area contributed by atoms with Crippen molar-refractivity contribution in [1.29, 1.82) is 0 Å². The Hall–Kier alpha value is -2.97. The van der Waals surface area contributed by atoms with E-state index in [0.717, 1.165) is 24.2 Å². The minimum Gasteiger partial charge on any atom is -0.366 e. The van der Waals surface area contributed by atoms with Crippen molar-refractivity contribution in [2.24, 2.45) is 5.92 Å². The summed E-state index contributed by atoms with van der Waals surface area (Å²) in [6.07, 6.45) is 3.40. The first-order valence-corrected chi connectivity index (χ1v) is 11.2. The third-order valence-electron chi connectivity index (χ3n) is 7.12. The van der Waals surface area contributed by atoms with Crippen LogP contribution < -0.4 is 10.2 Å². The standard InChI is InChI=1S/C23H29FN4O4/c1-15-5-3-4-8-23(15)21(31)28(22(32)25-23)14-20(30)27-11-9-26(10-12-27)19-7-6-17(16(2)29)13-18(19)24/h6-7,13,15H,3-5,8-12,14H2,1-2H3,(H,25,32)/t15-,23-/m1/s1. The Balaban J connectivity index is 1.36. The Kier molecular flexibility index (Phi) is 5.92. The lowest BCUT2D eigenvalue weighted by atomic mass is 9.73. The Bertz CT molecular complexity index is 959. The maximum atomic E-state index is 14.4. The molecule has 0 radical (unpaired) electrons. The number of Topliss-reactive ketones (excluding diaryl/α,β-unsaturated/α-hetero) is 1. The zero-order chi connectivity index (χ0) is 23.0. The molecule has 32 heavy (non-hydrogen) atoms. The van der Waals surface area contributed by atoms with E-state index in [-0.39, 0.29) is 30.1 Å². The number of ketones is 1. The highest BCUT2D eigenvalue weighted by atomic mass is 19.1. The summed E-state index contributed by atoms with van der Waals surface area (Å²) in [6.45, 7) is 4.65. The number of hydrogen-bond donors (Lipinski definition) is 1. The smallest absolute Gasteiger partial charge is 0.325 e. The van der Waals surface area contributed by atoms with Crippen LogP contribution in [0, 0.1) is 11.7 Å². The number of rotatable bonds is 4. The van der Waals surface area contributed by atoms with Gasteiger partial charge in [0.05, 0.1) is 5.69 Å². The zero-order valence-corrected chi connectivity index (χ0v) is 18.5. The predicted octanol–water partition coefficient (Wildman–Crippen LogP) is 2.18. The van der Waals surface area contributed by atoms with Crippen LogP contribution in [0.1, 0.15) is 49.9 Å². The van der Waals surface area contributed by atoms with Crippen molar-refractivity contribution in [3.8, 4) is 0 Å². The Morgan fingerprint density at radius 2 is 1.88 bits per heavy atom. The molecule has 2 heterocycles. The van der Waals surface area contributed by atoms with E-state index in [2.05, 4.69) is 5.32 Å². The van der Waals surface area contributed by atoms with Crippen molar-refractivity contribution >= 4 is 29.3 Å². The van der Waals surface area contributed by atoms with Gasteiger partial charge in [-0.2, -0.15) is 0 Å². The number of nitrogens with zero attached hydrogens (tertiary/aromatic N) is 3. The van der Waals surface area contributed by atoms with Crippen LogP contribution >= 0.6 is 0 Å². The van der Waals surface area contributed by atoms with E-state index in [9.17, 15) is 23.6 Å². The summed E-state index contributed by atoms with van der Waals surface area (Å²) in [7, 11) is 0. The van der Waals surface area contributed by atoms with Gasteiger partial charge in [-0.25, -0.2) is 9.18 Å². The second-order valence-corrected chi connectivity index (χ2v) is 9.03. The highest BCUT2D eigenvalue weighted by Gasteiger charge is 2.55. The van der Waals surface area contributed by atoms with Crippen molar-refractivity contribution in [3.05, 3.63) is 29.6 Å². The second-order valence-electron chi connectivity index (χ2n) is 9.03. The van der Waals surface area contributed by atoms with Gasteiger partial charge >= 0.3 is 6.03 Å². The first-order valence-electron chi connectivity index (χ1n) is 11.2. The predicted molar refractivity (Wildman–Crippen MR) is 116 cm³/mol. The average Bonchev–Trinajstić information content (AvgIpc) is 3.00. The Morgan fingerprint density at radius 3 is 2.50 bits per heavy atom. The van der Waals surface area contributed by atoms with Crippen LogP contribution in [0.3, 0.4) is 0 Å². The van der Waals surface area contributed by atoms with Gasteiger partial charge in [0, 0.05) is 31.7 Å². The quantitative estimate of drug-likeness (QED) is 0.568. The largest absolute Gasteiger partial charge is 0.366 e. The molecule has 0 unspecified atom stereocenters. The molecule has 8 nitrogen and oxygen atoms in total. The summed E-state index contributed by atoms with van der Waals surface area (Å²) in [5.41, 5.74) is -0.166. The summed E-state index contributed by atoms with van der Waals surface area (Å²) < 4.78 is 14.4. The number of hydrogen-bond acceptors (Lipinski definition) is 5. The first kappa shape index (κ1) is 22.2. The van der Waals surface area contributed by atoms with Gasteiger partial charge in [0.2, 0.25) is 5.91 Å². The van der Waals surface area contributed by atoms with E-state index in [1.54, 1.807) is 17.0 Å². The summed E-state index contributed by atoms with van der Waals surface area (Å²) in [5, 5.41) is 2.87. The molecule has 1 aromatic carbocycles. The molecular formula is C23H29FN4O4. The van der Waals surface area contributed by atoms with Gasteiger partial charge in [0.25, 0.3) is 5.91 Å². The molecule has 2 aliphatic heterocycles. The molecule has 2 atom stereocenters. The van der Waals surface area contributed by atoms with Gasteiger partial charge in [0.15, 0.2) is 5.78 Å². The number of amides is 4. The molecule has 1 spiro atoms. The molecule has 1 aromatic rings. The van der Waals surface area contributed by atoms with Gasteiger partial charge < -0.3 is 15.1 Å². The fourth-order valence-electron chi connectivity index (χ4n) is 5.05. The molecule has 4 amide bonds. The minimum absolute atomic E-state index is 0.0423. The Morgan fingerprint density at radius 1 is 1.16 bits per heavy atom. The minimum atomic E-state index is -0.877. The van der Waals surface area contributed by atoms with Crippen molar-refractivity contribution in [2.75, 3.05) is 37.6 Å². The lowest BCUT2D eigenvalue weighted by molar-refractivity contribution is -0.140. The van der Waals surface area contributed by atoms with Crippen molar-refractivity contribution < 1.29 is 23.6 Å². The highest BCUT2D eigenvalue weighted by molar-refractivity contribution is 6.09. The van der Waals surface area contributed by atoms with E-state index in [1.165, 1.54) is 13.0 Å². The number of carbonyl (C=O) groups is 4. The molecule has 2 saturated heterocycles. The first-order chi connectivity index (χ1) is 15.2. The van der Waals surface area contributed by atoms with E-state index >= 15 is 0 Å². The number of nitrogens with one attached hydrogen (secondary N) is 1. The molecule has 1 saturated carbocycles. The van der Waals surface area contributed by atoms with Crippen LogP contribution in [-0.4, -0.2) is 71.7 Å².